The second-order valence-corrected chi connectivity index (χ2v) is 5.57. The molecule has 0 radical (unpaired) electrons. The summed E-state index contributed by atoms with van der Waals surface area (Å²) in [6, 6.07) is 7.67. The van der Waals surface area contributed by atoms with Crippen molar-refractivity contribution in [2.24, 2.45) is 0 Å². The van der Waals surface area contributed by atoms with Crippen LogP contribution in [0.2, 0.25) is 0 Å². The zero-order valence-electron chi connectivity index (χ0n) is 8.63. The Morgan fingerprint density at radius 2 is 2.18 bits per heavy atom. The predicted molar refractivity (Wildman–Crippen MR) is 71.6 cm³/mol. The van der Waals surface area contributed by atoms with Gasteiger partial charge in [0.2, 0.25) is 0 Å². The summed E-state index contributed by atoms with van der Waals surface area (Å²) in [7, 11) is 0. The highest BCUT2D eigenvalue weighted by Crippen LogP contribution is 2.28. The van der Waals surface area contributed by atoms with Crippen LogP contribution in [0.1, 0.15) is 9.67 Å². The van der Waals surface area contributed by atoms with Crippen molar-refractivity contribution >= 4 is 39.2 Å². The van der Waals surface area contributed by atoms with Gasteiger partial charge in [-0.2, -0.15) is 0 Å². The summed E-state index contributed by atoms with van der Waals surface area (Å²) >= 11 is 4.91. The monoisotopic (exact) mass is 306 g/mol. The van der Waals surface area contributed by atoms with Crippen LogP contribution in [-0.4, -0.2) is 15.7 Å². The Morgan fingerprint density at radius 3 is 2.94 bits per heavy atom. The molecular formula is C12H7BrN2OS. The summed E-state index contributed by atoms with van der Waals surface area (Å²) in [4.78, 5) is 16.8. The molecule has 3 aromatic rings. The Balaban J connectivity index is 2.22. The van der Waals surface area contributed by atoms with E-state index in [1.165, 1.54) is 11.3 Å². The first-order valence-corrected chi connectivity index (χ1v) is 6.57. The van der Waals surface area contributed by atoms with Crippen molar-refractivity contribution in [3.05, 3.63) is 46.0 Å². The number of halogens is 1. The van der Waals surface area contributed by atoms with E-state index in [2.05, 4.69) is 20.9 Å². The molecule has 0 spiro atoms. The van der Waals surface area contributed by atoms with Gasteiger partial charge < -0.3 is 0 Å². The van der Waals surface area contributed by atoms with Gasteiger partial charge in [0, 0.05) is 10.7 Å². The van der Waals surface area contributed by atoms with E-state index in [9.17, 15) is 4.79 Å². The second-order valence-electron chi connectivity index (χ2n) is 3.54. The third kappa shape index (κ3) is 1.81. The van der Waals surface area contributed by atoms with Crippen LogP contribution in [0.5, 0.6) is 0 Å². The molecule has 5 heteroatoms. The molecule has 0 aromatic carbocycles. The van der Waals surface area contributed by atoms with E-state index in [1.54, 1.807) is 0 Å². The minimum absolute atomic E-state index is 0.727. The predicted octanol–water partition coefficient (Wildman–Crippen LogP) is 3.64. The van der Waals surface area contributed by atoms with E-state index in [4.69, 9.17) is 0 Å². The Hall–Kier alpha value is -1.46. The number of thiophene rings is 1. The van der Waals surface area contributed by atoms with Gasteiger partial charge in [0.1, 0.15) is 5.65 Å². The minimum atomic E-state index is 0.727. The average Bonchev–Trinajstić information content (AvgIpc) is 2.93. The van der Waals surface area contributed by atoms with Gasteiger partial charge in [0.25, 0.3) is 0 Å². The van der Waals surface area contributed by atoms with Crippen molar-refractivity contribution < 1.29 is 4.79 Å². The highest BCUT2D eigenvalue weighted by Gasteiger charge is 2.08. The lowest BCUT2D eigenvalue weighted by molar-refractivity contribution is 0.112. The third-order valence-corrected chi connectivity index (χ3v) is 3.97. The number of hydrogen-bond donors (Lipinski definition) is 0. The zero-order chi connectivity index (χ0) is 11.8. The molecule has 84 valence electrons. The Morgan fingerprint density at radius 1 is 1.29 bits per heavy atom. The number of carbonyl (C=O) groups excluding carboxylic acids is 1. The van der Waals surface area contributed by atoms with Crippen LogP contribution >= 0.6 is 27.3 Å². The minimum Gasteiger partial charge on any atom is -0.298 e. The van der Waals surface area contributed by atoms with Gasteiger partial charge in [-0.25, -0.2) is 4.98 Å². The summed E-state index contributed by atoms with van der Waals surface area (Å²) in [5.41, 5.74) is 1.89. The van der Waals surface area contributed by atoms with Gasteiger partial charge in [-0.15, -0.1) is 11.3 Å². The maximum absolute atomic E-state index is 10.7. The molecule has 0 atom stereocenters. The fourth-order valence-electron chi connectivity index (χ4n) is 1.69. The van der Waals surface area contributed by atoms with Gasteiger partial charge in [-0.1, -0.05) is 0 Å². The molecule has 0 saturated carbocycles. The second kappa shape index (κ2) is 4.09. The molecule has 3 heterocycles. The molecule has 0 aliphatic heterocycles. The van der Waals surface area contributed by atoms with Crippen molar-refractivity contribution in [3.63, 3.8) is 0 Å². The number of nitrogens with zero attached hydrogens (tertiary/aromatic N) is 2. The number of aldehydes is 1. The first-order valence-electron chi connectivity index (χ1n) is 4.96. The number of hydrogen-bond acceptors (Lipinski definition) is 3. The highest BCUT2D eigenvalue weighted by molar-refractivity contribution is 9.10. The van der Waals surface area contributed by atoms with Gasteiger partial charge in [0.15, 0.2) is 6.29 Å². The van der Waals surface area contributed by atoms with E-state index >= 15 is 0 Å². The first-order chi connectivity index (χ1) is 8.28. The summed E-state index contributed by atoms with van der Waals surface area (Å²) in [6.07, 6.45) is 4.66. The lowest BCUT2D eigenvalue weighted by atomic mass is 10.3. The van der Waals surface area contributed by atoms with Gasteiger partial charge >= 0.3 is 0 Å². The number of aromatic nitrogens is 2. The van der Waals surface area contributed by atoms with Gasteiger partial charge in [0.05, 0.1) is 21.6 Å². The lowest BCUT2D eigenvalue weighted by Gasteiger charge is -1.99. The molecule has 3 aromatic heterocycles. The molecule has 3 nitrogen and oxygen atoms in total. The number of pyridine rings is 1. The van der Waals surface area contributed by atoms with Crippen LogP contribution in [0.15, 0.2) is 41.1 Å². The summed E-state index contributed by atoms with van der Waals surface area (Å²) in [6.45, 7) is 0. The summed E-state index contributed by atoms with van der Waals surface area (Å²) < 4.78 is 3.00. The van der Waals surface area contributed by atoms with Crippen molar-refractivity contribution in [1.29, 1.82) is 0 Å². The molecule has 0 bridgehead atoms. The summed E-state index contributed by atoms with van der Waals surface area (Å²) in [5.74, 6) is 0. The number of fused-ring (bicyclic) bond motifs is 1. The van der Waals surface area contributed by atoms with E-state index < -0.39 is 0 Å². The lowest BCUT2D eigenvalue weighted by Crippen LogP contribution is -1.85. The maximum Gasteiger partial charge on any atom is 0.160 e. The molecule has 0 aliphatic rings. The van der Waals surface area contributed by atoms with Crippen LogP contribution in [0, 0.1) is 0 Å². The largest absolute Gasteiger partial charge is 0.298 e. The van der Waals surface area contributed by atoms with Crippen LogP contribution in [-0.2, 0) is 0 Å². The molecular weight excluding hydrogens is 300 g/mol. The topological polar surface area (TPSA) is 34.4 Å². The van der Waals surface area contributed by atoms with E-state index in [-0.39, 0.29) is 0 Å². The number of rotatable bonds is 2. The Bertz CT molecular complexity index is 701. The highest BCUT2D eigenvalue weighted by atomic mass is 79.9. The van der Waals surface area contributed by atoms with Crippen molar-refractivity contribution in [1.82, 2.24) is 9.38 Å². The fraction of sp³-hybridized carbons (Fsp3) is 0. The van der Waals surface area contributed by atoms with Crippen molar-refractivity contribution in [2.45, 2.75) is 0 Å². The number of imidazole rings is 1. The molecule has 0 saturated heterocycles. The molecule has 17 heavy (non-hydrogen) atoms. The van der Waals surface area contributed by atoms with E-state index in [0.29, 0.717) is 0 Å². The van der Waals surface area contributed by atoms with Crippen molar-refractivity contribution in [3.8, 4) is 10.6 Å². The molecule has 0 aliphatic carbocycles. The quantitative estimate of drug-likeness (QED) is 0.677. The average molecular weight is 307 g/mol. The van der Waals surface area contributed by atoms with E-state index in [1.807, 2.05) is 41.1 Å². The fourth-order valence-corrected chi connectivity index (χ4v) is 2.86. The van der Waals surface area contributed by atoms with Gasteiger partial charge in [-0.3, -0.25) is 9.20 Å². The van der Waals surface area contributed by atoms with Crippen LogP contribution < -0.4 is 0 Å². The summed E-state index contributed by atoms with van der Waals surface area (Å²) in [5, 5.41) is 0. The molecule has 0 fully saturated rings. The molecule has 0 N–H and O–H groups in total. The third-order valence-electron chi connectivity index (χ3n) is 2.46. The smallest absolute Gasteiger partial charge is 0.160 e. The normalized spacial score (nSPS) is 10.9. The molecule has 3 rings (SSSR count). The Labute approximate surface area is 110 Å². The first kappa shape index (κ1) is 10.7. The maximum atomic E-state index is 10.7. The molecule has 0 amide bonds. The standard InChI is InChI=1S/C12H7BrN2OS/c13-8-1-4-12-14-5-10(15(12)6-8)11-3-2-9(7-16)17-11/h1-7H. The van der Waals surface area contributed by atoms with Crippen LogP contribution in [0.4, 0.5) is 0 Å². The Kier molecular flexibility index (Phi) is 2.57. The SMILES string of the molecule is O=Cc1ccc(-c2cnc3ccc(Br)cn23)s1. The molecule has 0 unspecified atom stereocenters. The van der Waals surface area contributed by atoms with Crippen LogP contribution in [0.3, 0.4) is 0 Å². The van der Waals surface area contributed by atoms with Crippen LogP contribution in [0.25, 0.3) is 16.2 Å². The van der Waals surface area contributed by atoms with Crippen molar-refractivity contribution in [2.75, 3.05) is 0 Å². The number of carbonyl (C=O) groups is 1. The van der Waals surface area contributed by atoms with Gasteiger partial charge in [-0.05, 0) is 40.2 Å². The van der Waals surface area contributed by atoms with E-state index in [0.717, 1.165) is 31.9 Å². The zero-order valence-corrected chi connectivity index (χ0v) is 11.0.